The number of hydrogen-bond donors (Lipinski definition) is 0. The van der Waals surface area contributed by atoms with Crippen molar-refractivity contribution in [2.75, 3.05) is 13.7 Å². The van der Waals surface area contributed by atoms with Gasteiger partial charge in [0.1, 0.15) is 16.8 Å². The van der Waals surface area contributed by atoms with Crippen molar-refractivity contribution < 1.29 is 19.1 Å². The maximum atomic E-state index is 12.4. The van der Waals surface area contributed by atoms with E-state index < -0.39 is 11.1 Å². The van der Waals surface area contributed by atoms with E-state index >= 15 is 0 Å². The van der Waals surface area contributed by atoms with Gasteiger partial charge in [-0.1, -0.05) is 0 Å². The fourth-order valence-corrected chi connectivity index (χ4v) is 2.73. The summed E-state index contributed by atoms with van der Waals surface area (Å²) in [5.74, 6) is -0.558. The fourth-order valence-electron chi connectivity index (χ4n) is 2.73. The molecule has 2 rings (SSSR count). The molecule has 1 saturated heterocycles. The molecule has 6 nitrogen and oxygen atoms in total. The van der Waals surface area contributed by atoms with Gasteiger partial charge in [-0.3, -0.25) is 9.69 Å². The molecule has 0 radical (unpaired) electrons. The molecular formula is C17H26N2O4. The number of esters is 2. The molecule has 0 bridgehead atoms. The third-order valence-corrected chi connectivity index (χ3v) is 4.23. The van der Waals surface area contributed by atoms with E-state index in [4.69, 9.17) is 9.47 Å². The predicted octanol–water partition coefficient (Wildman–Crippen LogP) is 2.12. The van der Waals surface area contributed by atoms with E-state index in [9.17, 15) is 9.59 Å². The van der Waals surface area contributed by atoms with Crippen LogP contribution in [0.15, 0.2) is 12.3 Å². The number of aromatic nitrogens is 1. The van der Waals surface area contributed by atoms with E-state index in [1.54, 1.807) is 17.7 Å². The number of aryl methyl sites for hydroxylation is 1. The van der Waals surface area contributed by atoms with Crippen LogP contribution in [0.25, 0.3) is 0 Å². The second-order valence-corrected chi connectivity index (χ2v) is 7.28. The monoisotopic (exact) mass is 322 g/mol. The summed E-state index contributed by atoms with van der Waals surface area (Å²) in [5, 5.41) is 0. The summed E-state index contributed by atoms with van der Waals surface area (Å²) in [7, 11) is 3.17. The van der Waals surface area contributed by atoms with Crippen LogP contribution in [-0.4, -0.2) is 46.2 Å². The molecule has 128 valence electrons. The van der Waals surface area contributed by atoms with Gasteiger partial charge in [-0.2, -0.15) is 0 Å². The molecule has 2 heterocycles. The zero-order valence-corrected chi connectivity index (χ0v) is 14.8. The van der Waals surface area contributed by atoms with Crippen LogP contribution in [-0.2, 0) is 27.9 Å². The number of carbonyl (C=O) groups excluding carboxylic acids is 2. The zero-order valence-electron chi connectivity index (χ0n) is 14.8. The van der Waals surface area contributed by atoms with Crippen LogP contribution < -0.4 is 0 Å². The second kappa shape index (κ2) is 6.00. The Kier molecular flexibility index (Phi) is 4.57. The van der Waals surface area contributed by atoms with Gasteiger partial charge in [0, 0.05) is 26.3 Å². The number of hydrogen-bond acceptors (Lipinski definition) is 5. The highest BCUT2D eigenvalue weighted by atomic mass is 16.6. The maximum Gasteiger partial charge on any atom is 0.354 e. The first-order valence-corrected chi connectivity index (χ1v) is 7.79. The molecule has 1 aromatic heterocycles. The van der Waals surface area contributed by atoms with E-state index in [2.05, 4.69) is 4.90 Å². The van der Waals surface area contributed by atoms with Crippen LogP contribution in [0.4, 0.5) is 0 Å². The SMILES string of the molecule is COC(=O)c1cc(CN2CCC2(C)C(=O)OC(C)(C)C)cn1C. The molecule has 0 saturated carbocycles. The Labute approximate surface area is 137 Å². The molecular weight excluding hydrogens is 296 g/mol. The quantitative estimate of drug-likeness (QED) is 0.795. The molecule has 0 aromatic carbocycles. The van der Waals surface area contributed by atoms with Crippen LogP contribution in [0, 0.1) is 0 Å². The van der Waals surface area contributed by atoms with Crippen molar-refractivity contribution in [2.45, 2.75) is 51.8 Å². The van der Waals surface area contributed by atoms with Crippen molar-refractivity contribution in [1.82, 2.24) is 9.47 Å². The number of rotatable bonds is 4. The number of likely N-dealkylation sites (tertiary alicyclic amines) is 1. The Morgan fingerprint density at radius 2 is 2.00 bits per heavy atom. The summed E-state index contributed by atoms with van der Waals surface area (Å²) in [6, 6.07) is 1.81. The first-order chi connectivity index (χ1) is 10.6. The number of nitrogens with zero attached hydrogens (tertiary/aromatic N) is 2. The molecule has 0 amide bonds. The smallest absolute Gasteiger partial charge is 0.354 e. The van der Waals surface area contributed by atoms with E-state index in [1.165, 1.54) is 7.11 Å². The van der Waals surface area contributed by atoms with Crippen molar-refractivity contribution in [2.24, 2.45) is 7.05 Å². The Bertz CT molecular complexity index is 615. The Balaban J connectivity index is 2.09. The lowest BCUT2D eigenvalue weighted by Gasteiger charge is -2.49. The number of ether oxygens (including phenoxy) is 2. The topological polar surface area (TPSA) is 60.8 Å². The first-order valence-electron chi connectivity index (χ1n) is 7.79. The largest absolute Gasteiger partial charge is 0.464 e. The van der Waals surface area contributed by atoms with Gasteiger partial charge in [-0.15, -0.1) is 0 Å². The van der Waals surface area contributed by atoms with Crippen LogP contribution in [0.5, 0.6) is 0 Å². The number of methoxy groups -OCH3 is 1. The van der Waals surface area contributed by atoms with E-state index in [0.717, 1.165) is 18.5 Å². The van der Waals surface area contributed by atoms with Gasteiger partial charge in [0.05, 0.1) is 7.11 Å². The molecule has 23 heavy (non-hydrogen) atoms. The van der Waals surface area contributed by atoms with Crippen molar-refractivity contribution in [3.05, 3.63) is 23.5 Å². The molecule has 1 atom stereocenters. The Morgan fingerprint density at radius 3 is 2.48 bits per heavy atom. The summed E-state index contributed by atoms with van der Waals surface area (Å²) < 4.78 is 12.0. The van der Waals surface area contributed by atoms with Crippen molar-refractivity contribution in [1.29, 1.82) is 0 Å². The van der Waals surface area contributed by atoms with Crippen molar-refractivity contribution in [3.63, 3.8) is 0 Å². The molecule has 0 N–H and O–H groups in total. The minimum atomic E-state index is -0.603. The van der Waals surface area contributed by atoms with Crippen molar-refractivity contribution >= 4 is 11.9 Å². The van der Waals surface area contributed by atoms with E-state index in [-0.39, 0.29) is 11.9 Å². The van der Waals surface area contributed by atoms with Crippen molar-refractivity contribution in [3.8, 4) is 0 Å². The van der Waals surface area contributed by atoms with Gasteiger partial charge in [0.25, 0.3) is 0 Å². The minimum absolute atomic E-state index is 0.194. The molecule has 1 unspecified atom stereocenters. The Hall–Kier alpha value is -1.82. The average molecular weight is 322 g/mol. The highest BCUT2D eigenvalue weighted by molar-refractivity contribution is 5.88. The highest BCUT2D eigenvalue weighted by Gasteiger charge is 2.49. The van der Waals surface area contributed by atoms with Crippen LogP contribution in [0.1, 0.15) is 50.2 Å². The summed E-state index contributed by atoms with van der Waals surface area (Å²) in [4.78, 5) is 26.2. The van der Waals surface area contributed by atoms with Gasteiger partial charge in [0.2, 0.25) is 0 Å². The lowest BCUT2D eigenvalue weighted by atomic mass is 9.86. The molecule has 1 aromatic rings. The summed E-state index contributed by atoms with van der Waals surface area (Å²) in [6.45, 7) is 8.96. The first kappa shape index (κ1) is 17.5. The normalized spacial score (nSPS) is 21.7. The molecule has 0 spiro atoms. The summed E-state index contributed by atoms with van der Waals surface area (Å²) >= 11 is 0. The third-order valence-electron chi connectivity index (χ3n) is 4.23. The average Bonchev–Trinajstić information content (AvgIpc) is 2.81. The van der Waals surface area contributed by atoms with Crippen LogP contribution in [0.3, 0.4) is 0 Å². The van der Waals surface area contributed by atoms with Gasteiger partial charge in [0.15, 0.2) is 0 Å². The van der Waals surface area contributed by atoms with Gasteiger partial charge >= 0.3 is 11.9 Å². The second-order valence-electron chi connectivity index (χ2n) is 7.28. The van der Waals surface area contributed by atoms with Gasteiger partial charge in [-0.05, 0) is 45.7 Å². The molecule has 1 aliphatic heterocycles. The summed E-state index contributed by atoms with van der Waals surface area (Å²) in [6.07, 6.45) is 2.67. The number of carbonyl (C=O) groups is 2. The summed E-state index contributed by atoms with van der Waals surface area (Å²) in [5.41, 5.74) is 0.380. The van der Waals surface area contributed by atoms with Gasteiger partial charge in [-0.25, -0.2) is 4.79 Å². The molecule has 1 fully saturated rings. The minimum Gasteiger partial charge on any atom is -0.464 e. The Morgan fingerprint density at radius 1 is 1.35 bits per heavy atom. The maximum absolute atomic E-state index is 12.4. The van der Waals surface area contributed by atoms with Crippen LogP contribution >= 0.6 is 0 Å². The predicted molar refractivity (Wildman–Crippen MR) is 86.0 cm³/mol. The molecule has 6 heteroatoms. The lowest BCUT2D eigenvalue weighted by Crippen LogP contribution is -2.63. The zero-order chi connectivity index (χ0) is 17.4. The lowest BCUT2D eigenvalue weighted by molar-refractivity contribution is -0.178. The highest BCUT2D eigenvalue weighted by Crippen LogP contribution is 2.34. The molecule has 0 aliphatic carbocycles. The molecule has 1 aliphatic rings. The van der Waals surface area contributed by atoms with E-state index in [1.807, 2.05) is 33.9 Å². The van der Waals surface area contributed by atoms with E-state index in [0.29, 0.717) is 12.2 Å². The standard InChI is InChI=1S/C17H26N2O4/c1-16(2,3)23-15(21)17(4)7-8-19(17)11-12-9-13(14(20)22-6)18(5)10-12/h9-10H,7-8,11H2,1-6H3. The third kappa shape index (κ3) is 3.58. The van der Waals surface area contributed by atoms with Crippen LogP contribution in [0.2, 0.25) is 0 Å². The van der Waals surface area contributed by atoms with Gasteiger partial charge < -0.3 is 14.0 Å². The fraction of sp³-hybridized carbons (Fsp3) is 0.647.